The quantitative estimate of drug-likeness (QED) is 0.899. The minimum Gasteiger partial charge on any atom is -0.331 e. The van der Waals surface area contributed by atoms with Crippen molar-refractivity contribution in [3.8, 4) is 0 Å². The molecule has 1 unspecified atom stereocenters. The molecule has 0 bridgehead atoms. The fourth-order valence-corrected chi connectivity index (χ4v) is 3.26. The Labute approximate surface area is 130 Å². The van der Waals surface area contributed by atoms with Gasteiger partial charge in [-0.3, -0.25) is 0 Å². The Bertz CT molecular complexity index is 621. The summed E-state index contributed by atoms with van der Waals surface area (Å²) in [6.45, 7) is 6.81. The van der Waals surface area contributed by atoms with Gasteiger partial charge in [0.15, 0.2) is 0 Å². The van der Waals surface area contributed by atoms with Crippen LogP contribution in [0.25, 0.3) is 0 Å². The molecule has 21 heavy (non-hydrogen) atoms. The Kier molecular flexibility index (Phi) is 5.02. The summed E-state index contributed by atoms with van der Waals surface area (Å²) >= 11 is 1.69. The topological polar surface area (TPSA) is 32.3 Å². The lowest BCUT2D eigenvalue weighted by molar-refractivity contribution is 0.204. The molecule has 0 aliphatic heterocycles. The molecule has 0 aliphatic carbocycles. The van der Waals surface area contributed by atoms with Crippen LogP contribution in [0.4, 0.5) is 4.79 Å². The minimum absolute atomic E-state index is 0.00517. The van der Waals surface area contributed by atoms with E-state index in [1.54, 1.807) is 16.2 Å². The molecule has 2 rings (SSSR count). The Morgan fingerprint density at radius 1 is 1.24 bits per heavy atom. The molecular weight excluding hydrogens is 280 g/mol. The Hall–Kier alpha value is -1.81. The molecule has 3 nitrogen and oxygen atoms in total. The van der Waals surface area contributed by atoms with Crippen LogP contribution in [0.3, 0.4) is 0 Å². The van der Waals surface area contributed by atoms with Gasteiger partial charge in [-0.25, -0.2) is 4.79 Å². The van der Waals surface area contributed by atoms with Crippen LogP contribution < -0.4 is 5.32 Å². The number of hydrogen-bond donors (Lipinski definition) is 1. The summed E-state index contributed by atoms with van der Waals surface area (Å²) in [5.74, 6) is 0. The SMILES string of the molecule is Cc1ccccc1C(C)NC(=O)N(C)Cc1sccc1C. The molecule has 2 aromatic rings. The summed E-state index contributed by atoms with van der Waals surface area (Å²) in [6, 6.07) is 10.2. The summed E-state index contributed by atoms with van der Waals surface area (Å²) in [4.78, 5) is 15.3. The number of hydrogen-bond acceptors (Lipinski definition) is 2. The number of thiophene rings is 1. The maximum Gasteiger partial charge on any atom is 0.317 e. The number of rotatable bonds is 4. The normalized spacial score (nSPS) is 12.0. The van der Waals surface area contributed by atoms with Crippen LogP contribution in [-0.2, 0) is 6.54 Å². The molecule has 112 valence electrons. The average Bonchev–Trinajstić information content (AvgIpc) is 2.84. The van der Waals surface area contributed by atoms with Crippen molar-refractivity contribution in [1.82, 2.24) is 10.2 Å². The van der Waals surface area contributed by atoms with Crippen molar-refractivity contribution >= 4 is 17.4 Å². The number of nitrogens with one attached hydrogen (secondary N) is 1. The third-order valence-electron chi connectivity index (χ3n) is 3.69. The zero-order valence-electron chi connectivity index (χ0n) is 13.0. The molecule has 0 radical (unpaired) electrons. The fourth-order valence-electron chi connectivity index (χ4n) is 2.30. The molecule has 0 fully saturated rings. The van der Waals surface area contributed by atoms with Crippen LogP contribution in [0.15, 0.2) is 35.7 Å². The van der Waals surface area contributed by atoms with Gasteiger partial charge in [0.1, 0.15) is 0 Å². The third kappa shape index (κ3) is 3.85. The lowest BCUT2D eigenvalue weighted by atomic mass is 10.0. The lowest BCUT2D eigenvalue weighted by Crippen LogP contribution is -2.38. The second kappa shape index (κ2) is 6.76. The van der Waals surface area contributed by atoms with Gasteiger partial charge in [-0.15, -0.1) is 11.3 Å². The highest BCUT2D eigenvalue weighted by Gasteiger charge is 2.15. The highest BCUT2D eigenvalue weighted by Crippen LogP contribution is 2.19. The van der Waals surface area contributed by atoms with Crippen molar-refractivity contribution in [2.45, 2.75) is 33.4 Å². The summed E-state index contributed by atoms with van der Waals surface area (Å²) in [5.41, 5.74) is 3.60. The van der Waals surface area contributed by atoms with Crippen LogP contribution in [-0.4, -0.2) is 18.0 Å². The molecule has 1 atom stereocenters. The maximum absolute atomic E-state index is 12.3. The molecule has 1 aromatic carbocycles. The molecule has 0 spiro atoms. The van der Waals surface area contributed by atoms with Gasteiger partial charge in [-0.05, 0) is 48.9 Å². The van der Waals surface area contributed by atoms with Gasteiger partial charge in [-0.2, -0.15) is 0 Å². The molecule has 2 amide bonds. The highest BCUT2D eigenvalue weighted by molar-refractivity contribution is 7.10. The maximum atomic E-state index is 12.3. The van der Waals surface area contributed by atoms with Gasteiger partial charge in [0, 0.05) is 11.9 Å². The minimum atomic E-state index is -0.0430. The predicted molar refractivity (Wildman–Crippen MR) is 88.6 cm³/mol. The van der Waals surface area contributed by atoms with Gasteiger partial charge in [0.05, 0.1) is 12.6 Å². The molecule has 0 aliphatic rings. The molecule has 1 aromatic heterocycles. The van der Waals surface area contributed by atoms with Gasteiger partial charge >= 0.3 is 6.03 Å². The van der Waals surface area contributed by atoms with Crippen LogP contribution in [0, 0.1) is 13.8 Å². The molecule has 4 heteroatoms. The first kappa shape index (κ1) is 15.6. The number of benzene rings is 1. The number of amides is 2. The summed E-state index contributed by atoms with van der Waals surface area (Å²) < 4.78 is 0. The largest absolute Gasteiger partial charge is 0.331 e. The van der Waals surface area contributed by atoms with Gasteiger partial charge in [0.25, 0.3) is 0 Å². The average molecular weight is 302 g/mol. The van der Waals surface area contributed by atoms with Crippen LogP contribution >= 0.6 is 11.3 Å². The van der Waals surface area contributed by atoms with E-state index >= 15 is 0 Å². The summed E-state index contributed by atoms with van der Waals surface area (Å²) in [6.07, 6.45) is 0. The second-order valence-corrected chi connectivity index (χ2v) is 6.41. The van der Waals surface area contributed by atoms with Gasteiger partial charge in [0.2, 0.25) is 0 Å². The van der Waals surface area contributed by atoms with Crippen molar-refractivity contribution in [1.29, 1.82) is 0 Å². The van der Waals surface area contributed by atoms with E-state index in [2.05, 4.69) is 42.7 Å². The first-order chi connectivity index (χ1) is 9.99. The molecular formula is C17H22N2OS. The van der Waals surface area contributed by atoms with E-state index in [1.165, 1.54) is 16.0 Å². The molecule has 1 heterocycles. The van der Waals surface area contributed by atoms with E-state index in [1.807, 2.05) is 26.1 Å². The zero-order valence-corrected chi connectivity index (χ0v) is 13.8. The van der Waals surface area contributed by atoms with E-state index in [-0.39, 0.29) is 12.1 Å². The highest BCUT2D eigenvalue weighted by atomic mass is 32.1. The first-order valence-corrected chi connectivity index (χ1v) is 7.97. The number of urea groups is 1. The standard InChI is InChI=1S/C17H22N2OS/c1-12-7-5-6-8-15(12)14(3)18-17(20)19(4)11-16-13(2)9-10-21-16/h5-10,14H,11H2,1-4H3,(H,18,20). The monoisotopic (exact) mass is 302 g/mol. The van der Waals surface area contributed by atoms with Crippen LogP contribution in [0.5, 0.6) is 0 Å². The molecule has 1 N–H and O–H groups in total. The van der Waals surface area contributed by atoms with Crippen molar-refractivity contribution in [3.63, 3.8) is 0 Å². The van der Waals surface area contributed by atoms with Crippen molar-refractivity contribution < 1.29 is 4.79 Å². The Balaban J connectivity index is 1.98. The van der Waals surface area contributed by atoms with Crippen molar-refractivity contribution in [2.24, 2.45) is 0 Å². The Morgan fingerprint density at radius 3 is 2.57 bits per heavy atom. The lowest BCUT2D eigenvalue weighted by Gasteiger charge is -2.22. The number of aryl methyl sites for hydroxylation is 2. The number of carbonyl (C=O) groups excluding carboxylic acids is 1. The number of nitrogens with zero attached hydrogens (tertiary/aromatic N) is 1. The van der Waals surface area contributed by atoms with Gasteiger partial charge in [-0.1, -0.05) is 24.3 Å². The van der Waals surface area contributed by atoms with E-state index in [0.29, 0.717) is 6.54 Å². The Morgan fingerprint density at radius 2 is 1.95 bits per heavy atom. The van der Waals surface area contributed by atoms with Crippen LogP contribution in [0.1, 0.15) is 34.5 Å². The summed E-state index contributed by atoms with van der Waals surface area (Å²) in [5, 5.41) is 5.12. The van der Waals surface area contributed by atoms with Crippen molar-refractivity contribution in [3.05, 3.63) is 57.3 Å². The third-order valence-corrected chi connectivity index (χ3v) is 4.70. The molecule has 0 saturated heterocycles. The second-order valence-electron chi connectivity index (χ2n) is 5.41. The van der Waals surface area contributed by atoms with Gasteiger partial charge < -0.3 is 10.2 Å². The smallest absolute Gasteiger partial charge is 0.317 e. The van der Waals surface area contributed by atoms with E-state index in [4.69, 9.17) is 0 Å². The number of carbonyl (C=O) groups is 1. The predicted octanol–water partition coefficient (Wildman–Crippen LogP) is 4.27. The zero-order chi connectivity index (χ0) is 15.4. The van der Waals surface area contributed by atoms with E-state index < -0.39 is 0 Å². The first-order valence-electron chi connectivity index (χ1n) is 7.09. The fraction of sp³-hybridized carbons (Fsp3) is 0.353. The van der Waals surface area contributed by atoms with Crippen molar-refractivity contribution in [2.75, 3.05) is 7.05 Å². The van der Waals surface area contributed by atoms with E-state index in [0.717, 1.165) is 5.56 Å². The van der Waals surface area contributed by atoms with Crippen LogP contribution in [0.2, 0.25) is 0 Å². The summed E-state index contributed by atoms with van der Waals surface area (Å²) in [7, 11) is 1.83. The van der Waals surface area contributed by atoms with E-state index in [9.17, 15) is 4.79 Å². The molecule has 0 saturated carbocycles.